The van der Waals surface area contributed by atoms with E-state index in [1.807, 2.05) is 0 Å². The summed E-state index contributed by atoms with van der Waals surface area (Å²) in [5, 5.41) is 2.78. The zero-order valence-electron chi connectivity index (χ0n) is 8.95. The topological polar surface area (TPSA) is 55.1 Å². The molecule has 0 bridgehead atoms. The minimum atomic E-state index is -0.494. The first kappa shape index (κ1) is 11.1. The summed E-state index contributed by atoms with van der Waals surface area (Å²) in [7, 11) is 0. The second-order valence-electron chi connectivity index (χ2n) is 4.15. The molecule has 1 aromatic rings. The number of carbonyl (C=O) groups excluding carboxylic acids is 1. The van der Waals surface area contributed by atoms with Crippen LogP contribution in [-0.2, 0) is 0 Å². The monoisotopic (exact) mass is 222 g/mol. The Kier molecular flexibility index (Phi) is 3.19. The van der Waals surface area contributed by atoms with Crippen molar-refractivity contribution in [3.63, 3.8) is 0 Å². The summed E-state index contributed by atoms with van der Waals surface area (Å²) in [6.07, 6.45) is 2.81. The number of carbonyl (C=O) groups is 1. The lowest BCUT2D eigenvalue weighted by atomic mass is 10.1. The fourth-order valence-corrected chi connectivity index (χ4v) is 2.06. The van der Waals surface area contributed by atoms with E-state index in [1.54, 1.807) is 12.1 Å². The van der Waals surface area contributed by atoms with Gasteiger partial charge in [0.25, 0.3) is 5.91 Å². The normalized spacial score (nSPS) is 24.4. The summed E-state index contributed by atoms with van der Waals surface area (Å²) in [5.74, 6) is -0.869. The molecule has 1 aliphatic rings. The van der Waals surface area contributed by atoms with Gasteiger partial charge in [-0.2, -0.15) is 0 Å². The van der Waals surface area contributed by atoms with Crippen molar-refractivity contribution in [2.45, 2.75) is 31.3 Å². The lowest BCUT2D eigenvalue weighted by Crippen LogP contribution is -2.44. The van der Waals surface area contributed by atoms with E-state index in [-0.39, 0.29) is 23.6 Å². The fraction of sp³-hybridized carbons (Fsp3) is 0.417. The van der Waals surface area contributed by atoms with Crippen molar-refractivity contribution in [3.8, 4) is 0 Å². The fourth-order valence-electron chi connectivity index (χ4n) is 2.06. The van der Waals surface area contributed by atoms with Crippen LogP contribution in [0, 0.1) is 5.82 Å². The summed E-state index contributed by atoms with van der Waals surface area (Å²) in [4.78, 5) is 11.8. The molecule has 0 aliphatic heterocycles. The summed E-state index contributed by atoms with van der Waals surface area (Å²) < 4.78 is 13.3. The maximum Gasteiger partial charge on any atom is 0.254 e. The summed E-state index contributed by atoms with van der Waals surface area (Å²) >= 11 is 0. The van der Waals surface area contributed by atoms with Gasteiger partial charge in [0.05, 0.1) is 5.56 Å². The molecule has 3 nitrogen and oxygen atoms in total. The molecule has 2 rings (SSSR count). The Morgan fingerprint density at radius 2 is 2.12 bits per heavy atom. The van der Waals surface area contributed by atoms with E-state index in [0.29, 0.717) is 0 Å². The Labute approximate surface area is 93.8 Å². The van der Waals surface area contributed by atoms with Crippen LogP contribution in [0.15, 0.2) is 24.3 Å². The predicted octanol–water partition coefficient (Wildman–Crippen LogP) is 1.44. The molecule has 0 saturated heterocycles. The van der Waals surface area contributed by atoms with Gasteiger partial charge in [0.1, 0.15) is 5.82 Å². The van der Waals surface area contributed by atoms with Gasteiger partial charge in [0.2, 0.25) is 0 Å². The van der Waals surface area contributed by atoms with Gasteiger partial charge in [-0.3, -0.25) is 4.79 Å². The first-order valence-corrected chi connectivity index (χ1v) is 5.49. The van der Waals surface area contributed by atoms with E-state index in [2.05, 4.69) is 5.32 Å². The molecule has 1 aromatic carbocycles. The Bertz CT molecular complexity index is 394. The standard InChI is InChI=1S/C12H15FN2O/c13-9-5-2-1-4-8(9)12(16)15-11-7-3-6-10(11)14/h1-2,4-5,10-11H,3,6-7,14H2,(H,15,16). The van der Waals surface area contributed by atoms with Crippen LogP contribution >= 0.6 is 0 Å². The zero-order chi connectivity index (χ0) is 11.5. The SMILES string of the molecule is NC1CCCC1NC(=O)c1ccccc1F. The molecule has 1 aliphatic carbocycles. The van der Waals surface area contributed by atoms with Crippen LogP contribution < -0.4 is 11.1 Å². The number of nitrogens with one attached hydrogen (secondary N) is 1. The maximum absolute atomic E-state index is 13.3. The van der Waals surface area contributed by atoms with E-state index in [0.717, 1.165) is 19.3 Å². The molecule has 1 saturated carbocycles. The molecule has 0 spiro atoms. The molecule has 86 valence electrons. The first-order valence-electron chi connectivity index (χ1n) is 5.49. The quantitative estimate of drug-likeness (QED) is 0.795. The number of rotatable bonds is 2. The molecule has 2 unspecified atom stereocenters. The van der Waals surface area contributed by atoms with Crippen LogP contribution in [0.3, 0.4) is 0 Å². The average Bonchev–Trinajstić information content (AvgIpc) is 2.65. The third kappa shape index (κ3) is 2.22. The third-order valence-corrected chi connectivity index (χ3v) is 3.00. The zero-order valence-corrected chi connectivity index (χ0v) is 8.95. The van der Waals surface area contributed by atoms with Gasteiger partial charge >= 0.3 is 0 Å². The van der Waals surface area contributed by atoms with Gasteiger partial charge in [-0.1, -0.05) is 12.1 Å². The molecule has 1 amide bonds. The Morgan fingerprint density at radius 1 is 1.38 bits per heavy atom. The third-order valence-electron chi connectivity index (χ3n) is 3.00. The molecule has 0 heterocycles. The van der Waals surface area contributed by atoms with Gasteiger partial charge < -0.3 is 11.1 Å². The average molecular weight is 222 g/mol. The molecule has 3 N–H and O–H groups in total. The Balaban J connectivity index is 2.06. The van der Waals surface area contributed by atoms with Gasteiger partial charge in [-0.15, -0.1) is 0 Å². The van der Waals surface area contributed by atoms with Crippen LogP contribution in [0.25, 0.3) is 0 Å². The van der Waals surface area contributed by atoms with Crippen LogP contribution in [0.1, 0.15) is 29.6 Å². The minimum Gasteiger partial charge on any atom is -0.348 e. The minimum absolute atomic E-state index is 0.00396. The highest BCUT2D eigenvalue weighted by molar-refractivity contribution is 5.94. The van der Waals surface area contributed by atoms with Crippen LogP contribution in [-0.4, -0.2) is 18.0 Å². The number of amides is 1. The largest absolute Gasteiger partial charge is 0.348 e. The highest BCUT2D eigenvalue weighted by atomic mass is 19.1. The first-order chi connectivity index (χ1) is 7.68. The maximum atomic E-state index is 13.3. The molecular weight excluding hydrogens is 207 g/mol. The molecule has 1 fully saturated rings. The molecule has 0 aromatic heterocycles. The van der Waals surface area contributed by atoms with Gasteiger partial charge in [-0.05, 0) is 31.4 Å². The molecule has 0 radical (unpaired) electrons. The van der Waals surface area contributed by atoms with Crippen molar-refractivity contribution in [3.05, 3.63) is 35.6 Å². The molecule has 4 heteroatoms. The van der Waals surface area contributed by atoms with Crippen LogP contribution in [0.5, 0.6) is 0 Å². The van der Waals surface area contributed by atoms with Crippen molar-refractivity contribution in [1.82, 2.24) is 5.32 Å². The van der Waals surface area contributed by atoms with Gasteiger partial charge in [-0.25, -0.2) is 4.39 Å². The second-order valence-corrected chi connectivity index (χ2v) is 4.15. The summed E-state index contributed by atoms with van der Waals surface area (Å²) in [6.45, 7) is 0. The second kappa shape index (κ2) is 4.61. The van der Waals surface area contributed by atoms with Crippen LogP contribution in [0.4, 0.5) is 4.39 Å². The van der Waals surface area contributed by atoms with Gasteiger partial charge in [0.15, 0.2) is 0 Å². The lowest BCUT2D eigenvalue weighted by Gasteiger charge is -2.17. The summed E-state index contributed by atoms with van der Waals surface area (Å²) in [5.41, 5.74) is 5.92. The smallest absolute Gasteiger partial charge is 0.254 e. The predicted molar refractivity (Wildman–Crippen MR) is 59.5 cm³/mol. The van der Waals surface area contributed by atoms with E-state index in [4.69, 9.17) is 5.73 Å². The lowest BCUT2D eigenvalue weighted by molar-refractivity contribution is 0.0930. The van der Waals surface area contributed by atoms with Crippen molar-refractivity contribution in [2.24, 2.45) is 5.73 Å². The van der Waals surface area contributed by atoms with E-state index in [9.17, 15) is 9.18 Å². The number of halogens is 1. The molecule has 2 atom stereocenters. The van der Waals surface area contributed by atoms with E-state index >= 15 is 0 Å². The highest BCUT2D eigenvalue weighted by Crippen LogP contribution is 2.18. The van der Waals surface area contributed by atoms with Crippen LogP contribution in [0.2, 0.25) is 0 Å². The van der Waals surface area contributed by atoms with E-state index in [1.165, 1.54) is 12.1 Å². The Morgan fingerprint density at radius 3 is 2.75 bits per heavy atom. The molecule has 16 heavy (non-hydrogen) atoms. The van der Waals surface area contributed by atoms with E-state index < -0.39 is 5.82 Å². The number of hydrogen-bond acceptors (Lipinski definition) is 2. The van der Waals surface area contributed by atoms with Crippen molar-refractivity contribution >= 4 is 5.91 Å². The van der Waals surface area contributed by atoms with Crippen molar-refractivity contribution in [2.75, 3.05) is 0 Å². The van der Waals surface area contributed by atoms with Crippen molar-refractivity contribution in [1.29, 1.82) is 0 Å². The van der Waals surface area contributed by atoms with Gasteiger partial charge in [0, 0.05) is 12.1 Å². The number of hydrogen-bond donors (Lipinski definition) is 2. The molecular formula is C12H15FN2O. The van der Waals surface area contributed by atoms with Crippen molar-refractivity contribution < 1.29 is 9.18 Å². The Hall–Kier alpha value is -1.42. The highest BCUT2D eigenvalue weighted by Gasteiger charge is 2.26. The number of benzene rings is 1. The number of nitrogens with two attached hydrogens (primary N) is 1. The summed E-state index contributed by atoms with van der Waals surface area (Å²) in [6, 6.07) is 5.94.